The zero-order valence-electron chi connectivity index (χ0n) is 17.2. The lowest BCUT2D eigenvalue weighted by molar-refractivity contribution is -0.141. The van der Waals surface area contributed by atoms with E-state index in [1.807, 2.05) is 13.8 Å². The van der Waals surface area contributed by atoms with Gasteiger partial charge in [0.15, 0.2) is 5.69 Å². The first-order chi connectivity index (χ1) is 14.1. The van der Waals surface area contributed by atoms with Crippen molar-refractivity contribution in [3.63, 3.8) is 0 Å². The lowest BCUT2D eigenvalue weighted by Gasteiger charge is -2.19. The maximum absolute atomic E-state index is 13.4. The molecule has 1 amide bonds. The number of nitrogens with one attached hydrogen (secondary N) is 1. The number of hydrogen-bond acceptors (Lipinski definition) is 4. The molecule has 0 saturated heterocycles. The molecule has 2 heterocycles. The van der Waals surface area contributed by atoms with E-state index in [1.54, 1.807) is 18.7 Å². The molecule has 3 rings (SSSR count). The van der Waals surface area contributed by atoms with Crippen LogP contribution < -0.4 is 10.2 Å². The highest BCUT2D eigenvalue weighted by molar-refractivity contribution is 6.01. The maximum Gasteiger partial charge on any atom is 0.436 e. The Labute approximate surface area is 172 Å². The first kappa shape index (κ1) is 23.2. The van der Waals surface area contributed by atoms with Gasteiger partial charge in [0.2, 0.25) is 0 Å². The van der Waals surface area contributed by atoms with Gasteiger partial charge in [0.05, 0.1) is 18.2 Å². The summed E-state index contributed by atoms with van der Waals surface area (Å²) in [5.74, 6) is -1.79. The van der Waals surface area contributed by atoms with Gasteiger partial charge in [0, 0.05) is 13.1 Å². The number of alkyl halides is 3. The molecule has 1 aliphatic rings. The summed E-state index contributed by atoms with van der Waals surface area (Å²) >= 11 is 0. The molecule has 1 atom stereocenters. The van der Waals surface area contributed by atoms with Crippen LogP contribution in [0.3, 0.4) is 0 Å². The lowest BCUT2D eigenvalue weighted by atomic mass is 10.1. The number of anilines is 1. The largest absolute Gasteiger partial charge is 0.478 e. The Morgan fingerprint density at radius 1 is 1.20 bits per heavy atom. The van der Waals surface area contributed by atoms with Crippen LogP contribution in [0.5, 0.6) is 0 Å². The molecule has 0 saturated carbocycles. The van der Waals surface area contributed by atoms with Crippen molar-refractivity contribution in [2.45, 2.75) is 46.5 Å². The molecule has 2 N–H and O–H groups in total. The summed E-state index contributed by atoms with van der Waals surface area (Å²) in [7, 11) is 0. The maximum atomic E-state index is 13.4. The van der Waals surface area contributed by atoms with E-state index in [0.717, 1.165) is 0 Å². The Morgan fingerprint density at radius 3 is 2.30 bits per heavy atom. The number of amides is 1. The zero-order valence-corrected chi connectivity index (χ0v) is 17.2. The minimum absolute atomic E-state index is 0.0784. The average molecular weight is 426 g/mol. The number of benzene rings is 1. The Kier molecular flexibility index (Phi) is 7.12. The molecule has 0 spiro atoms. The summed E-state index contributed by atoms with van der Waals surface area (Å²) in [6.07, 6.45) is -4.75. The lowest BCUT2D eigenvalue weighted by Crippen LogP contribution is -2.31. The highest BCUT2D eigenvalue weighted by Gasteiger charge is 2.44. The van der Waals surface area contributed by atoms with Crippen molar-refractivity contribution in [3.05, 3.63) is 46.6 Å². The van der Waals surface area contributed by atoms with Crippen LogP contribution in [0.4, 0.5) is 19.0 Å². The van der Waals surface area contributed by atoms with Crippen LogP contribution in [-0.2, 0) is 12.7 Å². The number of halogens is 3. The minimum Gasteiger partial charge on any atom is -0.478 e. The number of carboxylic acid groups (broad SMARTS) is 1. The van der Waals surface area contributed by atoms with E-state index >= 15 is 0 Å². The van der Waals surface area contributed by atoms with Crippen LogP contribution in [-0.4, -0.2) is 39.9 Å². The van der Waals surface area contributed by atoms with Crippen molar-refractivity contribution in [1.29, 1.82) is 0 Å². The zero-order chi connectivity index (χ0) is 22.6. The second-order valence-electron chi connectivity index (χ2n) is 6.47. The van der Waals surface area contributed by atoms with Crippen LogP contribution in [0.15, 0.2) is 24.3 Å². The molecular formula is C20H25F3N4O3. The Hall–Kier alpha value is -3.04. The summed E-state index contributed by atoms with van der Waals surface area (Å²) in [6, 6.07) is 5.15. The summed E-state index contributed by atoms with van der Waals surface area (Å²) in [5, 5.41) is 15.1. The second-order valence-corrected chi connectivity index (χ2v) is 6.47. The number of carbonyl (C=O) groups excluding carboxylic acids is 1. The first-order valence-electron chi connectivity index (χ1n) is 9.70. The normalized spacial score (nSPS) is 13.9. The number of aromatic carboxylic acids is 1. The fourth-order valence-corrected chi connectivity index (χ4v) is 3.23. The van der Waals surface area contributed by atoms with Crippen LogP contribution in [0.2, 0.25) is 0 Å². The predicted molar refractivity (Wildman–Crippen MR) is 106 cm³/mol. The number of likely N-dealkylation sites (N-methyl/N-ethyl adjacent to an activating group) is 1. The van der Waals surface area contributed by atoms with Gasteiger partial charge >= 0.3 is 12.1 Å². The first-order valence-corrected chi connectivity index (χ1v) is 9.70. The van der Waals surface area contributed by atoms with E-state index in [2.05, 4.69) is 10.4 Å². The molecule has 0 bridgehead atoms. The SMILES string of the molecule is CC.CCN1CCn2nc(C(F)(F)F)c(C(=O)N[C@@H](C)c3ccc(C(=O)O)cc3)c21. The molecule has 0 aliphatic carbocycles. The van der Waals surface area contributed by atoms with Crippen LogP contribution in [0.25, 0.3) is 0 Å². The Bertz CT molecular complexity index is 907. The van der Waals surface area contributed by atoms with Crippen LogP contribution in [0.1, 0.15) is 65.7 Å². The van der Waals surface area contributed by atoms with E-state index in [-0.39, 0.29) is 17.9 Å². The topological polar surface area (TPSA) is 87.5 Å². The molecule has 1 aromatic carbocycles. The van der Waals surface area contributed by atoms with Gasteiger partial charge in [0.25, 0.3) is 5.91 Å². The van der Waals surface area contributed by atoms with Crippen molar-refractivity contribution < 1.29 is 27.9 Å². The van der Waals surface area contributed by atoms with Crippen molar-refractivity contribution in [1.82, 2.24) is 15.1 Å². The molecule has 30 heavy (non-hydrogen) atoms. The quantitative estimate of drug-likeness (QED) is 0.756. The molecule has 1 aromatic heterocycles. The minimum atomic E-state index is -4.75. The smallest absolute Gasteiger partial charge is 0.436 e. The third-order valence-electron chi connectivity index (χ3n) is 4.69. The van der Waals surface area contributed by atoms with Gasteiger partial charge in [-0.2, -0.15) is 18.3 Å². The van der Waals surface area contributed by atoms with Gasteiger partial charge in [-0.05, 0) is 31.5 Å². The summed E-state index contributed by atoms with van der Waals surface area (Å²) in [6.45, 7) is 8.64. The number of carboxylic acids is 1. The summed E-state index contributed by atoms with van der Waals surface area (Å²) in [4.78, 5) is 25.4. The number of hydrogen-bond donors (Lipinski definition) is 2. The van der Waals surface area contributed by atoms with E-state index in [4.69, 9.17) is 5.11 Å². The average Bonchev–Trinajstić information content (AvgIpc) is 3.28. The standard InChI is InChI=1S/C18H19F3N4O3.C2H6/c1-3-24-8-9-25-16(24)13(14(23-25)18(19,20)21)15(26)22-10(2)11-4-6-12(7-5-11)17(27)28;1-2/h4-7,10H,3,8-9H2,1-2H3,(H,22,26)(H,27,28);1-2H3/t10-;/m0./s1. The van der Waals surface area contributed by atoms with Gasteiger partial charge in [-0.25, -0.2) is 9.48 Å². The summed E-state index contributed by atoms with van der Waals surface area (Å²) in [5.41, 5.74) is -1.04. The number of rotatable bonds is 5. The molecular weight excluding hydrogens is 401 g/mol. The van der Waals surface area contributed by atoms with Gasteiger partial charge < -0.3 is 15.3 Å². The summed E-state index contributed by atoms with van der Waals surface area (Å²) < 4.78 is 41.5. The van der Waals surface area contributed by atoms with Gasteiger partial charge in [-0.1, -0.05) is 26.0 Å². The highest BCUT2D eigenvalue weighted by Crippen LogP contribution is 2.38. The van der Waals surface area contributed by atoms with Crippen molar-refractivity contribution in [2.75, 3.05) is 18.0 Å². The van der Waals surface area contributed by atoms with Crippen molar-refractivity contribution in [2.24, 2.45) is 0 Å². The highest BCUT2D eigenvalue weighted by atomic mass is 19.4. The van der Waals surface area contributed by atoms with Crippen LogP contribution >= 0.6 is 0 Å². The Morgan fingerprint density at radius 2 is 1.80 bits per heavy atom. The van der Waals surface area contributed by atoms with E-state index in [0.29, 0.717) is 18.7 Å². The number of carbonyl (C=O) groups is 2. The third-order valence-corrected chi connectivity index (χ3v) is 4.69. The molecule has 2 aromatic rings. The second kappa shape index (κ2) is 9.19. The number of aromatic nitrogens is 2. The molecule has 0 fully saturated rings. The number of fused-ring (bicyclic) bond motifs is 1. The number of nitrogens with zero attached hydrogens (tertiary/aromatic N) is 3. The third kappa shape index (κ3) is 4.58. The predicted octanol–water partition coefficient (Wildman–Crippen LogP) is 3.96. The molecule has 7 nitrogen and oxygen atoms in total. The molecule has 164 valence electrons. The van der Waals surface area contributed by atoms with Crippen molar-refractivity contribution >= 4 is 17.7 Å². The molecule has 1 aliphatic heterocycles. The molecule has 10 heteroatoms. The van der Waals surface area contributed by atoms with Gasteiger partial charge in [0.1, 0.15) is 11.4 Å². The van der Waals surface area contributed by atoms with Crippen LogP contribution in [0, 0.1) is 0 Å². The van der Waals surface area contributed by atoms with E-state index < -0.39 is 35.4 Å². The monoisotopic (exact) mass is 426 g/mol. The fourth-order valence-electron chi connectivity index (χ4n) is 3.23. The van der Waals surface area contributed by atoms with Gasteiger partial charge in [-0.15, -0.1) is 0 Å². The molecule has 0 unspecified atom stereocenters. The fraction of sp³-hybridized carbons (Fsp3) is 0.450. The van der Waals surface area contributed by atoms with Crippen molar-refractivity contribution in [3.8, 4) is 0 Å². The Balaban J connectivity index is 0.00000155. The van der Waals surface area contributed by atoms with Gasteiger partial charge in [-0.3, -0.25) is 4.79 Å². The van der Waals surface area contributed by atoms with E-state index in [1.165, 1.54) is 28.9 Å². The van der Waals surface area contributed by atoms with E-state index in [9.17, 15) is 22.8 Å². The molecule has 0 radical (unpaired) electrons.